The van der Waals surface area contributed by atoms with E-state index in [4.69, 9.17) is 11.6 Å². The molecule has 3 rings (SSSR count). The first-order valence-electron chi connectivity index (χ1n) is 7.70. The number of rotatable bonds is 2. The van der Waals surface area contributed by atoms with E-state index >= 15 is 0 Å². The van der Waals surface area contributed by atoms with Gasteiger partial charge in [0.1, 0.15) is 0 Å². The molecule has 1 N–H and O–H groups in total. The largest absolute Gasteiger partial charge is 0.352 e. The van der Waals surface area contributed by atoms with Gasteiger partial charge in [0, 0.05) is 17.1 Å². The van der Waals surface area contributed by atoms with Crippen LogP contribution in [0.2, 0.25) is 5.02 Å². The second-order valence-electron chi connectivity index (χ2n) is 5.83. The fourth-order valence-corrected chi connectivity index (χ4v) is 3.07. The van der Waals surface area contributed by atoms with Crippen molar-refractivity contribution < 1.29 is 13.6 Å². The molecule has 0 unspecified atom stereocenters. The third-order valence-electron chi connectivity index (χ3n) is 4.17. The zero-order valence-electron chi connectivity index (χ0n) is 13.1. The lowest BCUT2D eigenvalue weighted by molar-refractivity contribution is -0.118. The Morgan fingerprint density at radius 1 is 1.17 bits per heavy atom. The Morgan fingerprint density at radius 3 is 2.67 bits per heavy atom. The number of carbonyl (C=O) groups is 1. The molecule has 0 radical (unpaired) electrons. The third kappa shape index (κ3) is 3.34. The highest BCUT2D eigenvalue weighted by atomic mass is 35.5. The van der Waals surface area contributed by atoms with Crippen molar-refractivity contribution in [3.63, 3.8) is 0 Å². The summed E-state index contributed by atoms with van der Waals surface area (Å²) in [6.07, 6.45) is 3.42. The Kier molecular flexibility index (Phi) is 4.67. The number of hydrogen-bond acceptors (Lipinski definition) is 1. The van der Waals surface area contributed by atoms with Crippen molar-refractivity contribution in [1.82, 2.24) is 5.32 Å². The van der Waals surface area contributed by atoms with Crippen molar-refractivity contribution in [2.24, 2.45) is 0 Å². The molecule has 1 heterocycles. The minimum atomic E-state index is -0.904. The second kappa shape index (κ2) is 6.73. The SMILES string of the molecule is Cc1c(/C=C2\CCCNC2=O)cc(Cl)cc1-c1ccc(F)c(F)c1. The van der Waals surface area contributed by atoms with Crippen LogP contribution in [0.1, 0.15) is 24.0 Å². The summed E-state index contributed by atoms with van der Waals surface area (Å²) in [4.78, 5) is 11.9. The maximum Gasteiger partial charge on any atom is 0.247 e. The maximum absolute atomic E-state index is 13.5. The van der Waals surface area contributed by atoms with Crippen molar-refractivity contribution in [1.29, 1.82) is 0 Å². The first-order chi connectivity index (χ1) is 11.5. The Labute approximate surface area is 144 Å². The Bertz CT molecular complexity index is 846. The van der Waals surface area contributed by atoms with Crippen LogP contribution in [-0.2, 0) is 4.79 Å². The van der Waals surface area contributed by atoms with Gasteiger partial charge >= 0.3 is 0 Å². The minimum Gasteiger partial charge on any atom is -0.352 e. The van der Waals surface area contributed by atoms with E-state index in [0.717, 1.165) is 29.7 Å². The highest BCUT2D eigenvalue weighted by Gasteiger charge is 2.16. The summed E-state index contributed by atoms with van der Waals surface area (Å²) < 4.78 is 26.7. The first kappa shape index (κ1) is 16.7. The van der Waals surface area contributed by atoms with Gasteiger partial charge in [-0.15, -0.1) is 0 Å². The van der Waals surface area contributed by atoms with Crippen LogP contribution < -0.4 is 5.32 Å². The van der Waals surface area contributed by atoms with Crippen molar-refractivity contribution in [3.8, 4) is 11.1 Å². The van der Waals surface area contributed by atoms with Gasteiger partial charge in [-0.2, -0.15) is 0 Å². The third-order valence-corrected chi connectivity index (χ3v) is 4.39. The predicted molar refractivity (Wildman–Crippen MR) is 91.8 cm³/mol. The van der Waals surface area contributed by atoms with E-state index in [2.05, 4.69) is 5.32 Å². The van der Waals surface area contributed by atoms with E-state index in [9.17, 15) is 13.6 Å². The molecule has 2 aromatic rings. The van der Waals surface area contributed by atoms with Gasteiger partial charge in [-0.1, -0.05) is 17.7 Å². The Balaban J connectivity index is 2.09. The standard InChI is InChI=1S/C19H16ClF2NO/c1-11-14(7-13-3-2-6-23-19(13)24)8-15(20)10-16(11)12-4-5-17(21)18(22)9-12/h4-5,7-10H,2-3,6H2,1H3,(H,23,24)/b13-7+. The Morgan fingerprint density at radius 2 is 1.96 bits per heavy atom. The number of hydrogen-bond donors (Lipinski definition) is 1. The number of amides is 1. The molecule has 0 aliphatic carbocycles. The van der Waals surface area contributed by atoms with Gasteiger partial charge in [-0.3, -0.25) is 4.79 Å². The molecule has 0 saturated carbocycles. The minimum absolute atomic E-state index is 0.0741. The maximum atomic E-state index is 13.5. The first-order valence-corrected chi connectivity index (χ1v) is 8.08. The van der Waals surface area contributed by atoms with Gasteiger partial charge in [-0.05, 0) is 72.4 Å². The molecule has 1 saturated heterocycles. The highest BCUT2D eigenvalue weighted by Crippen LogP contribution is 2.32. The molecule has 1 fully saturated rings. The Hall–Kier alpha value is -2.20. The fraction of sp³-hybridized carbons (Fsp3) is 0.211. The lowest BCUT2D eigenvalue weighted by Crippen LogP contribution is -2.30. The van der Waals surface area contributed by atoms with Gasteiger partial charge in [0.15, 0.2) is 11.6 Å². The molecule has 124 valence electrons. The molecular weight excluding hydrogens is 332 g/mol. The number of nitrogens with one attached hydrogen (secondary N) is 1. The highest BCUT2D eigenvalue weighted by molar-refractivity contribution is 6.31. The topological polar surface area (TPSA) is 29.1 Å². The number of benzene rings is 2. The molecule has 5 heteroatoms. The van der Waals surface area contributed by atoms with Crippen LogP contribution in [0.3, 0.4) is 0 Å². The summed E-state index contributed by atoms with van der Waals surface area (Å²) in [6, 6.07) is 7.25. The fourth-order valence-electron chi connectivity index (χ4n) is 2.85. The van der Waals surface area contributed by atoms with Crippen molar-refractivity contribution >= 4 is 23.6 Å². The zero-order chi connectivity index (χ0) is 17.3. The molecule has 0 bridgehead atoms. The summed E-state index contributed by atoms with van der Waals surface area (Å²) >= 11 is 6.20. The molecule has 1 aliphatic heterocycles. The molecule has 24 heavy (non-hydrogen) atoms. The summed E-state index contributed by atoms with van der Waals surface area (Å²) in [6.45, 7) is 2.56. The average Bonchev–Trinajstić information content (AvgIpc) is 2.55. The van der Waals surface area contributed by atoms with Crippen LogP contribution in [0.25, 0.3) is 17.2 Å². The van der Waals surface area contributed by atoms with E-state index in [1.54, 1.807) is 12.1 Å². The van der Waals surface area contributed by atoms with Gasteiger partial charge in [0.25, 0.3) is 0 Å². The van der Waals surface area contributed by atoms with Gasteiger partial charge < -0.3 is 5.32 Å². The number of halogens is 3. The van der Waals surface area contributed by atoms with Crippen LogP contribution in [0.15, 0.2) is 35.9 Å². The van der Waals surface area contributed by atoms with Crippen LogP contribution >= 0.6 is 11.6 Å². The monoisotopic (exact) mass is 347 g/mol. The van der Waals surface area contributed by atoms with Gasteiger partial charge in [-0.25, -0.2) is 8.78 Å². The normalized spacial score (nSPS) is 16.3. The summed E-state index contributed by atoms with van der Waals surface area (Å²) in [5.74, 6) is -1.87. The molecule has 2 nitrogen and oxygen atoms in total. The second-order valence-corrected chi connectivity index (χ2v) is 6.26. The molecular formula is C19H16ClF2NO. The van der Waals surface area contributed by atoms with Crippen LogP contribution in [0.5, 0.6) is 0 Å². The van der Waals surface area contributed by atoms with Crippen LogP contribution in [0, 0.1) is 18.6 Å². The molecule has 2 aromatic carbocycles. The molecule has 1 aliphatic rings. The quantitative estimate of drug-likeness (QED) is 0.770. The summed E-state index contributed by atoms with van der Waals surface area (Å²) in [7, 11) is 0. The van der Waals surface area contributed by atoms with E-state index in [-0.39, 0.29) is 5.91 Å². The summed E-state index contributed by atoms with van der Waals surface area (Å²) in [5, 5.41) is 3.29. The van der Waals surface area contributed by atoms with Gasteiger partial charge in [0.05, 0.1) is 0 Å². The zero-order valence-corrected chi connectivity index (χ0v) is 13.9. The smallest absolute Gasteiger partial charge is 0.247 e. The molecule has 0 spiro atoms. The molecule has 0 atom stereocenters. The van der Waals surface area contributed by atoms with E-state index in [1.807, 2.05) is 13.0 Å². The lowest BCUT2D eigenvalue weighted by atomic mass is 9.94. The molecule has 1 amide bonds. The van der Waals surface area contributed by atoms with Crippen LogP contribution in [-0.4, -0.2) is 12.5 Å². The van der Waals surface area contributed by atoms with Crippen molar-refractivity contribution in [3.05, 3.63) is 63.7 Å². The van der Waals surface area contributed by atoms with Gasteiger partial charge in [0.2, 0.25) is 5.91 Å². The van der Waals surface area contributed by atoms with E-state index < -0.39 is 11.6 Å². The van der Waals surface area contributed by atoms with Crippen molar-refractivity contribution in [2.45, 2.75) is 19.8 Å². The van der Waals surface area contributed by atoms with Crippen molar-refractivity contribution in [2.75, 3.05) is 6.54 Å². The van der Waals surface area contributed by atoms with E-state index in [1.165, 1.54) is 6.07 Å². The van der Waals surface area contributed by atoms with E-state index in [0.29, 0.717) is 34.7 Å². The number of carbonyl (C=O) groups excluding carboxylic acids is 1. The summed E-state index contributed by atoms with van der Waals surface area (Å²) in [5.41, 5.74) is 3.61. The predicted octanol–water partition coefficient (Wildman–Crippen LogP) is 4.89. The molecule has 0 aromatic heterocycles. The lowest BCUT2D eigenvalue weighted by Gasteiger charge is -2.16. The van der Waals surface area contributed by atoms with Crippen LogP contribution in [0.4, 0.5) is 8.78 Å². The number of piperidine rings is 1. The average molecular weight is 348 g/mol.